The summed E-state index contributed by atoms with van der Waals surface area (Å²) >= 11 is 4.37. The number of hydrogen-bond acceptors (Lipinski definition) is 6. The zero-order valence-corrected chi connectivity index (χ0v) is 18.0. The molecule has 0 aliphatic carbocycles. The van der Waals surface area contributed by atoms with Gasteiger partial charge in [-0.05, 0) is 18.4 Å². The molecule has 28 heavy (non-hydrogen) atoms. The van der Waals surface area contributed by atoms with Crippen LogP contribution in [0.25, 0.3) is 20.7 Å². The molecule has 0 aromatic carbocycles. The maximum absolute atomic E-state index is 13.1. The van der Waals surface area contributed by atoms with E-state index < -0.39 is 0 Å². The Hall–Kier alpha value is -2.16. The first kappa shape index (κ1) is 20.6. The number of thiophene rings is 2. The molecule has 0 saturated heterocycles. The van der Waals surface area contributed by atoms with Gasteiger partial charge in [0.05, 0.1) is 11.1 Å². The van der Waals surface area contributed by atoms with Gasteiger partial charge in [0, 0.05) is 35.5 Å². The van der Waals surface area contributed by atoms with E-state index in [-0.39, 0.29) is 17.2 Å². The first-order chi connectivity index (χ1) is 13.6. The average Bonchev–Trinajstić information content (AvgIpc) is 3.35. The van der Waals surface area contributed by atoms with Crippen molar-refractivity contribution in [1.82, 2.24) is 14.5 Å². The molecule has 0 bridgehead atoms. The summed E-state index contributed by atoms with van der Waals surface area (Å²) in [6, 6.07) is 3.99. The first-order valence-electron chi connectivity index (χ1n) is 8.79. The van der Waals surface area contributed by atoms with Gasteiger partial charge in [-0.1, -0.05) is 30.0 Å². The van der Waals surface area contributed by atoms with E-state index in [4.69, 9.17) is 4.98 Å². The van der Waals surface area contributed by atoms with Gasteiger partial charge in [0.25, 0.3) is 5.56 Å². The minimum absolute atomic E-state index is 0.0350. The van der Waals surface area contributed by atoms with Crippen LogP contribution >= 0.6 is 34.4 Å². The lowest BCUT2D eigenvalue weighted by Gasteiger charge is -2.19. The summed E-state index contributed by atoms with van der Waals surface area (Å²) in [6.45, 7) is 10.7. The van der Waals surface area contributed by atoms with Crippen LogP contribution in [0.5, 0.6) is 0 Å². The zero-order valence-electron chi connectivity index (χ0n) is 15.6. The highest BCUT2D eigenvalue weighted by Gasteiger charge is 2.19. The zero-order chi connectivity index (χ0) is 20.1. The van der Waals surface area contributed by atoms with Gasteiger partial charge in [0.1, 0.15) is 4.83 Å². The second-order valence-electron chi connectivity index (χ2n) is 5.92. The highest BCUT2D eigenvalue weighted by atomic mass is 32.2. The second-order valence-corrected chi connectivity index (χ2v) is 8.66. The Morgan fingerprint density at radius 2 is 2.07 bits per heavy atom. The minimum atomic E-state index is -0.0545. The Labute approximate surface area is 176 Å². The normalized spacial score (nSPS) is 10.9. The predicted molar refractivity (Wildman–Crippen MR) is 121 cm³/mol. The molecule has 0 unspecified atom stereocenters. The Morgan fingerprint density at radius 1 is 1.32 bits per heavy atom. The Kier molecular flexibility index (Phi) is 6.88. The van der Waals surface area contributed by atoms with Crippen LogP contribution in [-0.4, -0.2) is 39.2 Å². The molecule has 5 nitrogen and oxygen atoms in total. The van der Waals surface area contributed by atoms with Gasteiger partial charge in [-0.15, -0.1) is 35.8 Å². The molecule has 0 aliphatic rings. The van der Waals surface area contributed by atoms with Crippen molar-refractivity contribution in [2.75, 3.05) is 18.8 Å². The summed E-state index contributed by atoms with van der Waals surface area (Å²) in [5, 5.41) is 5.22. The highest BCUT2D eigenvalue weighted by molar-refractivity contribution is 7.99. The van der Waals surface area contributed by atoms with Crippen molar-refractivity contribution in [2.24, 2.45) is 0 Å². The number of thioether (sulfide) groups is 1. The molecule has 0 saturated carbocycles. The fourth-order valence-electron chi connectivity index (χ4n) is 2.82. The topological polar surface area (TPSA) is 55.2 Å². The monoisotopic (exact) mass is 431 g/mol. The lowest BCUT2D eigenvalue weighted by molar-refractivity contribution is -0.127. The summed E-state index contributed by atoms with van der Waals surface area (Å²) in [4.78, 5) is 33.8. The lowest BCUT2D eigenvalue weighted by Crippen LogP contribution is -2.33. The third-order valence-corrected chi connectivity index (χ3v) is 6.87. The highest BCUT2D eigenvalue weighted by Crippen LogP contribution is 2.34. The summed E-state index contributed by atoms with van der Waals surface area (Å²) < 4.78 is 1.65. The molecular weight excluding hydrogens is 410 g/mol. The fourth-order valence-corrected chi connectivity index (χ4v) is 5.58. The van der Waals surface area contributed by atoms with Crippen LogP contribution < -0.4 is 5.56 Å². The van der Waals surface area contributed by atoms with Crippen molar-refractivity contribution >= 4 is 50.6 Å². The van der Waals surface area contributed by atoms with Crippen LogP contribution in [0.2, 0.25) is 0 Å². The van der Waals surface area contributed by atoms with Gasteiger partial charge in [0.15, 0.2) is 5.16 Å². The number of aromatic nitrogens is 2. The predicted octanol–water partition coefficient (Wildman–Crippen LogP) is 4.50. The van der Waals surface area contributed by atoms with Crippen molar-refractivity contribution in [3.8, 4) is 10.4 Å². The molecule has 3 aromatic rings. The van der Waals surface area contributed by atoms with Crippen LogP contribution in [0.3, 0.4) is 0 Å². The molecule has 0 aliphatic heterocycles. The molecular formula is C20H21N3O2S3. The van der Waals surface area contributed by atoms with Crippen molar-refractivity contribution in [3.63, 3.8) is 0 Å². The number of fused-ring (bicyclic) bond motifs is 1. The van der Waals surface area contributed by atoms with Gasteiger partial charge in [-0.2, -0.15) is 0 Å². The number of carbonyl (C=O) groups is 1. The molecule has 146 valence electrons. The molecule has 0 fully saturated rings. The maximum Gasteiger partial charge on any atom is 0.263 e. The van der Waals surface area contributed by atoms with E-state index in [9.17, 15) is 9.59 Å². The van der Waals surface area contributed by atoms with Crippen molar-refractivity contribution in [1.29, 1.82) is 0 Å². The molecule has 3 heterocycles. The SMILES string of the molecule is C=CCN(CC=C)C(=O)CSc1nc2scc(-c3cccs3)c2c(=O)n1CC. The van der Waals surface area contributed by atoms with Crippen LogP contribution in [0.1, 0.15) is 6.92 Å². The van der Waals surface area contributed by atoms with Crippen molar-refractivity contribution in [2.45, 2.75) is 18.6 Å². The number of carbonyl (C=O) groups excluding carboxylic acids is 1. The molecule has 0 atom stereocenters. The van der Waals surface area contributed by atoms with E-state index in [1.54, 1.807) is 33.0 Å². The second kappa shape index (κ2) is 9.36. The van der Waals surface area contributed by atoms with Gasteiger partial charge in [-0.3, -0.25) is 14.2 Å². The largest absolute Gasteiger partial charge is 0.335 e. The molecule has 0 radical (unpaired) electrons. The Morgan fingerprint density at radius 3 is 2.68 bits per heavy atom. The lowest BCUT2D eigenvalue weighted by atomic mass is 10.2. The molecule has 3 aromatic heterocycles. The van der Waals surface area contributed by atoms with Gasteiger partial charge >= 0.3 is 0 Å². The Balaban J connectivity index is 1.92. The molecule has 8 heteroatoms. The molecule has 1 amide bonds. The quantitative estimate of drug-likeness (QED) is 0.284. The first-order valence-corrected chi connectivity index (χ1v) is 11.5. The average molecular weight is 432 g/mol. The Bertz CT molecular complexity index is 1040. The van der Waals surface area contributed by atoms with E-state index in [2.05, 4.69) is 13.2 Å². The summed E-state index contributed by atoms with van der Waals surface area (Å²) in [5.41, 5.74) is 0.881. The third kappa shape index (κ3) is 4.14. The van der Waals surface area contributed by atoms with Gasteiger partial charge in [0.2, 0.25) is 5.91 Å². The smallest absolute Gasteiger partial charge is 0.263 e. The third-order valence-electron chi connectivity index (χ3n) is 4.14. The van der Waals surface area contributed by atoms with Crippen LogP contribution in [0, 0.1) is 0 Å². The van der Waals surface area contributed by atoms with E-state index >= 15 is 0 Å². The van der Waals surface area contributed by atoms with Crippen LogP contribution in [-0.2, 0) is 11.3 Å². The van der Waals surface area contributed by atoms with E-state index in [1.807, 2.05) is 29.8 Å². The van der Waals surface area contributed by atoms with E-state index in [1.165, 1.54) is 23.1 Å². The number of nitrogens with zero attached hydrogens (tertiary/aromatic N) is 3. The molecule has 0 spiro atoms. The number of rotatable bonds is 9. The number of hydrogen-bond donors (Lipinski definition) is 0. The maximum atomic E-state index is 13.1. The summed E-state index contributed by atoms with van der Waals surface area (Å²) in [6.07, 6.45) is 3.38. The fraction of sp³-hybridized carbons (Fsp3) is 0.250. The van der Waals surface area contributed by atoms with Gasteiger partial charge in [-0.25, -0.2) is 4.98 Å². The molecule has 0 N–H and O–H groups in total. The minimum Gasteiger partial charge on any atom is -0.335 e. The van der Waals surface area contributed by atoms with Crippen molar-refractivity contribution in [3.05, 3.63) is 58.6 Å². The number of amides is 1. The van der Waals surface area contributed by atoms with Crippen LogP contribution in [0.15, 0.2) is 58.2 Å². The van der Waals surface area contributed by atoms with Gasteiger partial charge < -0.3 is 4.90 Å². The summed E-state index contributed by atoms with van der Waals surface area (Å²) in [7, 11) is 0. The summed E-state index contributed by atoms with van der Waals surface area (Å²) in [5.74, 6) is 0.176. The van der Waals surface area contributed by atoms with Crippen molar-refractivity contribution < 1.29 is 4.79 Å². The standard InChI is InChI=1S/C20H21N3O2S3/c1-4-9-22(10-5-2)16(24)13-28-20-21-18-17(19(25)23(20)6-3)14(12-27-18)15-8-7-11-26-15/h4-5,7-8,11-12H,1-2,6,9-10,13H2,3H3. The molecule has 3 rings (SSSR count). The van der Waals surface area contributed by atoms with E-state index in [0.29, 0.717) is 35.0 Å². The van der Waals surface area contributed by atoms with E-state index in [0.717, 1.165) is 10.4 Å². The van der Waals surface area contributed by atoms with Crippen LogP contribution in [0.4, 0.5) is 0 Å².